The minimum atomic E-state index is -0.832. The minimum Gasteiger partial charge on any atom is -0.444 e. The van der Waals surface area contributed by atoms with Crippen molar-refractivity contribution in [2.75, 3.05) is 19.7 Å². The average molecular weight is 551 g/mol. The van der Waals surface area contributed by atoms with Crippen molar-refractivity contribution in [3.05, 3.63) is 64.2 Å². The van der Waals surface area contributed by atoms with Crippen LogP contribution >= 0.6 is 15.9 Å². The van der Waals surface area contributed by atoms with Crippen molar-refractivity contribution in [2.24, 2.45) is 0 Å². The lowest BCUT2D eigenvalue weighted by Crippen LogP contribution is -2.53. The normalized spacial score (nSPS) is 23.5. The summed E-state index contributed by atoms with van der Waals surface area (Å²) < 4.78 is 40.8. The van der Waals surface area contributed by atoms with Gasteiger partial charge in [0.25, 0.3) is 0 Å². The summed E-state index contributed by atoms with van der Waals surface area (Å²) >= 11 is 3.35. The maximum atomic E-state index is 14.6. The van der Waals surface area contributed by atoms with Crippen LogP contribution in [0.5, 0.6) is 0 Å². The highest BCUT2D eigenvalue weighted by molar-refractivity contribution is 9.10. The van der Waals surface area contributed by atoms with E-state index in [4.69, 9.17) is 9.47 Å². The smallest absolute Gasteiger partial charge is 0.407 e. The summed E-state index contributed by atoms with van der Waals surface area (Å²) in [7, 11) is 0. The fourth-order valence-corrected chi connectivity index (χ4v) is 4.61. The molecule has 1 aromatic carbocycles. The fraction of sp³-hybridized carbons (Fsp3) is 0.480. The highest BCUT2D eigenvalue weighted by atomic mass is 79.9. The molecule has 2 aromatic rings. The van der Waals surface area contributed by atoms with Gasteiger partial charge in [0, 0.05) is 37.1 Å². The molecular weight excluding hydrogens is 522 g/mol. The van der Waals surface area contributed by atoms with Crippen molar-refractivity contribution in [3.63, 3.8) is 0 Å². The van der Waals surface area contributed by atoms with Gasteiger partial charge in [0.2, 0.25) is 0 Å². The van der Waals surface area contributed by atoms with Gasteiger partial charge in [-0.15, -0.1) is 0 Å². The van der Waals surface area contributed by atoms with Gasteiger partial charge >= 0.3 is 6.09 Å². The Hall–Kier alpha value is -2.43. The van der Waals surface area contributed by atoms with E-state index in [2.05, 4.69) is 42.2 Å². The van der Waals surface area contributed by atoms with Gasteiger partial charge in [0.15, 0.2) is 5.82 Å². The van der Waals surface area contributed by atoms with Crippen LogP contribution in [0.4, 0.5) is 13.6 Å². The number of carbonyl (C=O) groups excluding carboxylic acids is 1. The standard InChI is InChI=1S/C25H29BrF2N4O3/c1-25(2,3)35-24(33)31-21-11-18(14-34-22(21)19-10-17(27)4-5-20(19)28)32-8-6-15(7-9-32)23-29-12-16(26)13-30-23/h4-6,10,12-13,18,21-22H,7-9,11,14H2,1-3H3,(H,31,33)/t18-,21+,22-/m1/s1. The van der Waals surface area contributed by atoms with Gasteiger partial charge in [0.05, 0.1) is 17.1 Å². The largest absolute Gasteiger partial charge is 0.444 e. The van der Waals surface area contributed by atoms with Crippen LogP contribution in [0, 0.1) is 11.6 Å². The molecule has 10 heteroatoms. The van der Waals surface area contributed by atoms with Crippen LogP contribution in [0.1, 0.15) is 51.1 Å². The van der Waals surface area contributed by atoms with Crippen LogP contribution in [0.25, 0.3) is 5.57 Å². The van der Waals surface area contributed by atoms with E-state index in [9.17, 15) is 13.6 Å². The number of ether oxygens (including phenoxy) is 2. The molecule has 1 saturated heterocycles. The third kappa shape index (κ3) is 6.62. The zero-order valence-corrected chi connectivity index (χ0v) is 21.5. The zero-order chi connectivity index (χ0) is 25.2. The van der Waals surface area contributed by atoms with Crippen LogP contribution in [0.2, 0.25) is 0 Å². The summed E-state index contributed by atoms with van der Waals surface area (Å²) in [6.07, 6.45) is 5.36. The summed E-state index contributed by atoms with van der Waals surface area (Å²) in [4.78, 5) is 23.6. The molecule has 4 rings (SSSR count). The van der Waals surface area contributed by atoms with Crippen LogP contribution in [0.3, 0.4) is 0 Å². The number of carbonyl (C=O) groups is 1. The minimum absolute atomic E-state index is 0.0218. The highest BCUT2D eigenvalue weighted by Crippen LogP contribution is 2.34. The first-order chi connectivity index (χ1) is 16.6. The summed E-state index contributed by atoms with van der Waals surface area (Å²) in [5, 5.41) is 2.84. The molecule has 0 saturated carbocycles. The first-order valence-electron chi connectivity index (χ1n) is 11.6. The van der Waals surface area contributed by atoms with E-state index in [0.29, 0.717) is 25.4 Å². The Kier molecular flexibility index (Phi) is 7.83. The van der Waals surface area contributed by atoms with Gasteiger partial charge in [0.1, 0.15) is 23.3 Å². The third-order valence-corrected chi connectivity index (χ3v) is 6.40. The van der Waals surface area contributed by atoms with Crippen LogP contribution in [-0.4, -0.2) is 58.3 Å². The molecule has 0 aliphatic carbocycles. The van der Waals surface area contributed by atoms with Gasteiger partial charge < -0.3 is 14.8 Å². The van der Waals surface area contributed by atoms with Crippen molar-refractivity contribution < 1.29 is 23.0 Å². The fourth-order valence-electron chi connectivity index (χ4n) is 4.40. The maximum Gasteiger partial charge on any atom is 0.407 e. The quantitative estimate of drug-likeness (QED) is 0.575. The van der Waals surface area contributed by atoms with E-state index in [1.165, 1.54) is 0 Å². The summed E-state index contributed by atoms with van der Waals surface area (Å²) in [5.74, 6) is -0.434. The molecule has 7 nitrogen and oxygen atoms in total. The second-order valence-electron chi connectivity index (χ2n) is 9.76. The van der Waals surface area contributed by atoms with E-state index in [1.807, 2.05) is 0 Å². The van der Waals surface area contributed by atoms with Gasteiger partial charge in [-0.3, -0.25) is 4.90 Å². The SMILES string of the molecule is CC(C)(C)OC(=O)N[C@H]1C[C@@H](N2CC=C(c3ncc(Br)cn3)CC2)CO[C@@H]1c1cc(F)ccc1F. The molecule has 1 aromatic heterocycles. The number of rotatable bonds is 4. The molecular formula is C25H29BrF2N4O3. The number of aromatic nitrogens is 2. The Morgan fingerprint density at radius 3 is 2.66 bits per heavy atom. The van der Waals surface area contributed by atoms with Crippen LogP contribution in [-0.2, 0) is 9.47 Å². The molecule has 0 unspecified atom stereocenters. The second kappa shape index (κ2) is 10.7. The molecule has 2 aliphatic heterocycles. The summed E-state index contributed by atoms with van der Waals surface area (Å²) in [5.41, 5.74) is 0.466. The lowest BCUT2D eigenvalue weighted by atomic mass is 9.91. The highest BCUT2D eigenvalue weighted by Gasteiger charge is 2.38. The number of hydrogen-bond acceptors (Lipinski definition) is 6. The molecule has 3 heterocycles. The number of amides is 1. The Morgan fingerprint density at radius 2 is 2.00 bits per heavy atom. The molecule has 1 N–H and O–H groups in total. The second-order valence-corrected chi connectivity index (χ2v) is 10.7. The van der Waals surface area contributed by atoms with E-state index in [-0.39, 0.29) is 11.6 Å². The lowest BCUT2D eigenvalue weighted by Gasteiger charge is -2.42. The molecule has 0 radical (unpaired) electrons. The number of nitrogens with zero attached hydrogens (tertiary/aromatic N) is 3. The van der Waals surface area contributed by atoms with Crippen molar-refractivity contribution in [1.82, 2.24) is 20.2 Å². The van der Waals surface area contributed by atoms with Gasteiger partial charge in [-0.1, -0.05) is 6.08 Å². The first kappa shape index (κ1) is 25.7. The maximum absolute atomic E-state index is 14.6. The predicted octanol–water partition coefficient (Wildman–Crippen LogP) is 5.03. The topological polar surface area (TPSA) is 76.6 Å². The van der Waals surface area contributed by atoms with E-state index >= 15 is 0 Å². The van der Waals surface area contributed by atoms with Gasteiger partial charge in [-0.05, 0) is 73.3 Å². The van der Waals surface area contributed by atoms with Crippen molar-refractivity contribution >= 4 is 27.6 Å². The Morgan fingerprint density at radius 1 is 1.26 bits per heavy atom. The number of hydrogen-bond donors (Lipinski definition) is 1. The number of halogens is 3. The van der Waals surface area contributed by atoms with E-state index < -0.39 is 35.5 Å². The van der Waals surface area contributed by atoms with Crippen molar-refractivity contribution in [3.8, 4) is 0 Å². The van der Waals surface area contributed by atoms with Gasteiger partial charge in [-0.2, -0.15) is 0 Å². The molecule has 35 heavy (non-hydrogen) atoms. The molecule has 0 spiro atoms. The van der Waals surface area contributed by atoms with E-state index in [1.54, 1.807) is 33.2 Å². The lowest BCUT2D eigenvalue weighted by molar-refractivity contribution is -0.0595. The first-order valence-corrected chi connectivity index (χ1v) is 12.4. The molecule has 2 aliphatic rings. The Labute approximate surface area is 212 Å². The van der Waals surface area contributed by atoms with E-state index in [0.717, 1.165) is 41.2 Å². The zero-order valence-electron chi connectivity index (χ0n) is 19.9. The Balaban J connectivity index is 1.49. The molecule has 0 bridgehead atoms. The third-order valence-electron chi connectivity index (χ3n) is 5.99. The molecule has 188 valence electrons. The molecule has 1 fully saturated rings. The molecule has 1 amide bonds. The number of benzene rings is 1. The summed E-state index contributed by atoms with van der Waals surface area (Å²) in [6, 6.07) is 2.64. The van der Waals surface area contributed by atoms with Crippen LogP contribution in [0.15, 0.2) is 41.1 Å². The van der Waals surface area contributed by atoms with Gasteiger partial charge in [-0.25, -0.2) is 23.5 Å². The van der Waals surface area contributed by atoms with Crippen LogP contribution < -0.4 is 5.32 Å². The predicted molar refractivity (Wildman–Crippen MR) is 131 cm³/mol. The monoisotopic (exact) mass is 550 g/mol. The molecule has 3 atom stereocenters. The van der Waals surface area contributed by atoms with Crippen molar-refractivity contribution in [2.45, 2.75) is 57.4 Å². The average Bonchev–Trinajstić information content (AvgIpc) is 2.80. The Bertz CT molecular complexity index is 1090. The number of nitrogens with one attached hydrogen (secondary N) is 1. The van der Waals surface area contributed by atoms with Crippen molar-refractivity contribution in [1.29, 1.82) is 0 Å². The number of alkyl carbamates (subject to hydrolysis) is 1. The summed E-state index contributed by atoms with van der Waals surface area (Å²) in [6.45, 7) is 7.05.